The van der Waals surface area contributed by atoms with Crippen molar-refractivity contribution < 1.29 is 9.32 Å². The number of amides is 1. The molecular weight excluding hydrogens is 486 g/mol. The highest BCUT2D eigenvalue weighted by Crippen LogP contribution is 2.26. The van der Waals surface area contributed by atoms with Crippen LogP contribution in [-0.4, -0.2) is 47.1 Å². The van der Waals surface area contributed by atoms with Gasteiger partial charge in [0.1, 0.15) is 0 Å². The molecule has 2 aliphatic rings. The quantitative estimate of drug-likeness (QED) is 0.429. The topological polar surface area (TPSA) is 74.5 Å². The van der Waals surface area contributed by atoms with E-state index < -0.39 is 0 Å². The van der Waals surface area contributed by atoms with Gasteiger partial charge < -0.3 is 14.7 Å². The van der Waals surface area contributed by atoms with Crippen molar-refractivity contribution >= 4 is 23.2 Å². The minimum absolute atomic E-state index is 0.00867. The normalized spacial score (nSPS) is 18.6. The number of benzene rings is 2. The van der Waals surface area contributed by atoms with Gasteiger partial charge in [0, 0.05) is 35.3 Å². The summed E-state index contributed by atoms with van der Waals surface area (Å²) in [5.74, 6) is 2.14. The molecule has 0 aliphatic carbocycles. The van der Waals surface area contributed by atoms with E-state index in [1.165, 1.54) is 18.5 Å². The highest BCUT2D eigenvalue weighted by atomic mass is 35.5. The van der Waals surface area contributed by atoms with E-state index in [1.807, 2.05) is 24.3 Å². The summed E-state index contributed by atoms with van der Waals surface area (Å²) in [5.41, 5.74) is 3.30. The molecule has 3 heterocycles. The van der Waals surface area contributed by atoms with Gasteiger partial charge in [0.2, 0.25) is 17.6 Å². The zero-order valence-corrected chi connectivity index (χ0v) is 22.5. The molecule has 1 amide bonds. The maximum atomic E-state index is 13.0. The molecule has 8 heteroatoms. The average Bonchev–Trinajstić information content (AvgIpc) is 3.38. The van der Waals surface area contributed by atoms with Crippen LogP contribution in [0.3, 0.4) is 0 Å². The Hall–Kier alpha value is -2.90. The number of carbonyl (C=O) groups is 1. The lowest BCUT2D eigenvalue weighted by molar-refractivity contribution is -0.127. The number of hydrogen-bond acceptors (Lipinski definition) is 6. The summed E-state index contributed by atoms with van der Waals surface area (Å²) in [6, 6.07) is 16.1. The molecule has 7 nitrogen and oxygen atoms in total. The molecule has 2 fully saturated rings. The first-order chi connectivity index (χ1) is 17.9. The number of likely N-dealkylation sites (tertiary alicyclic amines) is 1. The summed E-state index contributed by atoms with van der Waals surface area (Å²) in [7, 11) is 0. The van der Waals surface area contributed by atoms with Crippen LogP contribution in [0.2, 0.25) is 5.02 Å². The summed E-state index contributed by atoms with van der Waals surface area (Å²) < 4.78 is 5.46. The van der Waals surface area contributed by atoms with E-state index in [0.717, 1.165) is 56.1 Å². The molecule has 0 bridgehead atoms. The number of carbonyl (C=O) groups excluding carboxylic acids is 1. The molecule has 1 aromatic heterocycles. The Balaban J connectivity index is 1.08. The number of piperidine rings is 2. The number of rotatable bonds is 7. The van der Waals surface area contributed by atoms with Gasteiger partial charge in [-0.15, -0.1) is 0 Å². The second kappa shape index (κ2) is 11.7. The van der Waals surface area contributed by atoms with Gasteiger partial charge in [-0.3, -0.25) is 9.69 Å². The van der Waals surface area contributed by atoms with Crippen molar-refractivity contribution in [1.29, 1.82) is 0 Å². The summed E-state index contributed by atoms with van der Waals surface area (Å²) >= 11 is 5.96. The van der Waals surface area contributed by atoms with Gasteiger partial charge >= 0.3 is 0 Å². The van der Waals surface area contributed by atoms with E-state index in [0.29, 0.717) is 23.3 Å². The molecule has 196 valence electrons. The number of aromatic nitrogens is 2. The van der Waals surface area contributed by atoms with Gasteiger partial charge in [0.15, 0.2) is 0 Å². The monoisotopic (exact) mass is 521 g/mol. The smallest absolute Gasteiger partial charge is 0.241 e. The minimum Gasteiger partial charge on any atom is -0.372 e. The first kappa shape index (κ1) is 25.7. The van der Waals surface area contributed by atoms with Gasteiger partial charge in [0.05, 0.1) is 12.6 Å². The van der Waals surface area contributed by atoms with Crippen molar-refractivity contribution in [2.45, 2.75) is 52.1 Å². The van der Waals surface area contributed by atoms with Gasteiger partial charge in [-0.2, -0.15) is 4.98 Å². The number of anilines is 1. The van der Waals surface area contributed by atoms with Crippen molar-refractivity contribution in [3.63, 3.8) is 0 Å². The Morgan fingerprint density at radius 3 is 2.38 bits per heavy atom. The third-order valence-corrected chi connectivity index (χ3v) is 8.04. The highest BCUT2D eigenvalue weighted by Gasteiger charge is 2.27. The lowest BCUT2D eigenvalue weighted by Gasteiger charge is -2.32. The van der Waals surface area contributed by atoms with E-state index in [2.05, 4.69) is 63.4 Å². The van der Waals surface area contributed by atoms with Crippen LogP contribution in [-0.2, 0) is 11.3 Å². The van der Waals surface area contributed by atoms with Gasteiger partial charge in [-0.25, -0.2) is 0 Å². The molecule has 2 aromatic carbocycles. The second-order valence-electron chi connectivity index (χ2n) is 10.6. The number of hydrogen-bond donors (Lipinski definition) is 1. The van der Waals surface area contributed by atoms with Crippen LogP contribution in [0.4, 0.5) is 5.69 Å². The summed E-state index contributed by atoms with van der Waals surface area (Å²) in [6.45, 7) is 8.90. The maximum Gasteiger partial charge on any atom is 0.241 e. The summed E-state index contributed by atoms with van der Waals surface area (Å²) in [6.07, 6.45) is 4.16. The fourth-order valence-electron chi connectivity index (χ4n) is 5.24. The molecule has 3 aromatic rings. The maximum absolute atomic E-state index is 13.0. The van der Waals surface area contributed by atoms with E-state index in [9.17, 15) is 4.79 Å². The number of nitrogens with zero attached hydrogens (tertiary/aromatic N) is 4. The van der Waals surface area contributed by atoms with Crippen molar-refractivity contribution in [1.82, 2.24) is 20.4 Å². The van der Waals surface area contributed by atoms with Crippen LogP contribution >= 0.6 is 11.6 Å². The second-order valence-corrected chi connectivity index (χ2v) is 11.0. The van der Waals surface area contributed by atoms with Crippen molar-refractivity contribution in [2.24, 2.45) is 11.8 Å². The Bertz CT molecular complexity index is 1160. The van der Waals surface area contributed by atoms with Crippen LogP contribution in [0.25, 0.3) is 11.4 Å². The molecule has 0 spiro atoms. The lowest BCUT2D eigenvalue weighted by atomic mass is 9.95. The molecule has 2 saturated heterocycles. The Morgan fingerprint density at radius 1 is 1.03 bits per heavy atom. The van der Waals surface area contributed by atoms with E-state index in [4.69, 9.17) is 16.1 Å². The summed E-state index contributed by atoms with van der Waals surface area (Å²) in [4.78, 5) is 22.2. The van der Waals surface area contributed by atoms with E-state index >= 15 is 0 Å². The number of nitrogens with one attached hydrogen (secondary N) is 1. The largest absolute Gasteiger partial charge is 0.372 e. The minimum atomic E-state index is -0.00867. The molecule has 1 N–H and O–H groups in total. The van der Waals surface area contributed by atoms with Crippen LogP contribution in [0.5, 0.6) is 0 Å². The molecule has 1 unspecified atom stereocenters. The Morgan fingerprint density at radius 2 is 1.70 bits per heavy atom. The van der Waals surface area contributed by atoms with Crippen LogP contribution < -0.4 is 10.2 Å². The lowest BCUT2D eigenvalue weighted by Crippen LogP contribution is -2.41. The predicted molar refractivity (Wildman–Crippen MR) is 146 cm³/mol. The summed E-state index contributed by atoms with van der Waals surface area (Å²) in [5, 5.41) is 8.01. The standard InChI is InChI=1S/C29H36ClN5O2/c1-20-11-17-35(18-12-20)26-9-5-22(6-10-26)21(2)31-29(36)24-13-15-34(16-14-24)19-27-32-28(33-37-27)23-3-7-25(30)8-4-23/h3-10,20-21,24H,11-19H2,1-2H3,(H,31,36). The predicted octanol–water partition coefficient (Wildman–Crippen LogP) is 5.72. The first-order valence-corrected chi connectivity index (χ1v) is 13.8. The van der Waals surface area contributed by atoms with Gasteiger partial charge in [-0.05, 0) is 93.6 Å². The average molecular weight is 522 g/mol. The van der Waals surface area contributed by atoms with E-state index in [-0.39, 0.29) is 17.9 Å². The third-order valence-electron chi connectivity index (χ3n) is 7.79. The molecular formula is C29H36ClN5O2. The molecule has 0 saturated carbocycles. The number of halogens is 1. The fourth-order valence-corrected chi connectivity index (χ4v) is 5.36. The van der Waals surface area contributed by atoms with Crippen molar-refractivity contribution in [3.05, 3.63) is 65.0 Å². The van der Waals surface area contributed by atoms with Crippen LogP contribution in [0.1, 0.15) is 57.0 Å². The van der Waals surface area contributed by atoms with Gasteiger partial charge in [0.25, 0.3) is 0 Å². The van der Waals surface area contributed by atoms with Gasteiger partial charge in [-0.1, -0.05) is 35.8 Å². The van der Waals surface area contributed by atoms with E-state index in [1.54, 1.807) is 0 Å². The highest BCUT2D eigenvalue weighted by molar-refractivity contribution is 6.30. The Labute approximate surface area is 224 Å². The molecule has 0 radical (unpaired) electrons. The zero-order valence-electron chi connectivity index (χ0n) is 21.7. The molecule has 2 aliphatic heterocycles. The van der Waals surface area contributed by atoms with Crippen LogP contribution in [0.15, 0.2) is 53.1 Å². The SMILES string of the molecule is CC1CCN(c2ccc(C(C)NC(=O)C3CCN(Cc4nc(-c5ccc(Cl)cc5)no4)CC3)cc2)CC1. The first-order valence-electron chi connectivity index (χ1n) is 13.4. The van der Waals surface area contributed by atoms with Crippen LogP contribution in [0, 0.1) is 11.8 Å². The van der Waals surface area contributed by atoms with Crippen molar-refractivity contribution in [2.75, 3.05) is 31.1 Å². The third kappa shape index (κ3) is 6.51. The fraction of sp³-hybridized carbons (Fsp3) is 0.483. The molecule has 1 atom stereocenters. The van der Waals surface area contributed by atoms with Crippen molar-refractivity contribution in [3.8, 4) is 11.4 Å². The molecule has 5 rings (SSSR count). The Kier molecular flexibility index (Phi) is 8.11. The zero-order chi connectivity index (χ0) is 25.8. The molecule has 37 heavy (non-hydrogen) atoms.